The summed E-state index contributed by atoms with van der Waals surface area (Å²) in [4.78, 5) is 11.8. The highest BCUT2D eigenvalue weighted by molar-refractivity contribution is 6.33. The van der Waals surface area contributed by atoms with Crippen LogP contribution in [0, 0.1) is 0 Å². The van der Waals surface area contributed by atoms with Crippen LogP contribution in [0.5, 0.6) is 0 Å². The van der Waals surface area contributed by atoms with Crippen molar-refractivity contribution in [1.29, 1.82) is 0 Å². The van der Waals surface area contributed by atoms with Gasteiger partial charge < -0.3 is 4.74 Å². The lowest BCUT2D eigenvalue weighted by atomic mass is 10.2. The molecule has 0 aliphatic heterocycles. The van der Waals surface area contributed by atoms with Gasteiger partial charge in [0.05, 0.1) is 10.6 Å². The van der Waals surface area contributed by atoms with E-state index in [-0.39, 0.29) is 0 Å². The highest BCUT2D eigenvalue weighted by Gasteiger charge is 2.19. The Morgan fingerprint density at radius 2 is 2.18 bits per heavy atom. The van der Waals surface area contributed by atoms with Gasteiger partial charge in [0.2, 0.25) is 0 Å². The predicted octanol–water partition coefficient (Wildman–Crippen LogP) is 2.34. The first-order valence-electron chi connectivity index (χ1n) is 5.09. The molecule has 0 spiro atoms. The van der Waals surface area contributed by atoms with Gasteiger partial charge in [0, 0.05) is 6.20 Å². The standard InChI is InChI=1S/C11H12ClN3O2/c1-11(2,3)17-10(16)7-4-8(12)9-14-13-6-15(9)5-7/h4-6H,1-3H3. The average molecular weight is 254 g/mol. The minimum Gasteiger partial charge on any atom is -0.456 e. The summed E-state index contributed by atoms with van der Waals surface area (Å²) in [6, 6.07) is 1.53. The summed E-state index contributed by atoms with van der Waals surface area (Å²) in [5, 5.41) is 7.90. The molecule has 0 aliphatic carbocycles. The van der Waals surface area contributed by atoms with E-state index in [0.717, 1.165) is 0 Å². The summed E-state index contributed by atoms with van der Waals surface area (Å²) in [5.41, 5.74) is 0.349. The van der Waals surface area contributed by atoms with Gasteiger partial charge in [-0.25, -0.2) is 4.79 Å². The summed E-state index contributed by atoms with van der Waals surface area (Å²) in [6.45, 7) is 5.43. The highest BCUT2D eigenvalue weighted by atomic mass is 35.5. The lowest BCUT2D eigenvalue weighted by Gasteiger charge is -2.19. The van der Waals surface area contributed by atoms with Crippen LogP contribution in [0.4, 0.5) is 0 Å². The summed E-state index contributed by atoms with van der Waals surface area (Å²) in [5.74, 6) is -0.421. The number of rotatable bonds is 1. The van der Waals surface area contributed by atoms with Crippen molar-refractivity contribution in [3.05, 3.63) is 29.2 Å². The molecule has 5 nitrogen and oxygen atoms in total. The Labute approximate surface area is 103 Å². The van der Waals surface area contributed by atoms with Gasteiger partial charge in [-0.1, -0.05) is 11.6 Å². The first kappa shape index (κ1) is 11.9. The average Bonchev–Trinajstić information content (AvgIpc) is 2.63. The number of aromatic nitrogens is 3. The number of nitrogens with zero attached hydrogens (tertiary/aromatic N) is 3. The molecule has 2 aromatic heterocycles. The van der Waals surface area contributed by atoms with Gasteiger partial charge in [-0.2, -0.15) is 0 Å². The van der Waals surface area contributed by atoms with Crippen LogP contribution in [0.1, 0.15) is 31.1 Å². The van der Waals surface area contributed by atoms with Crippen LogP contribution in [0.15, 0.2) is 18.6 Å². The zero-order valence-electron chi connectivity index (χ0n) is 9.77. The summed E-state index contributed by atoms with van der Waals surface area (Å²) in [6.07, 6.45) is 3.07. The Kier molecular flexibility index (Phi) is 2.79. The third-order valence-corrected chi connectivity index (χ3v) is 2.26. The van der Waals surface area contributed by atoms with Gasteiger partial charge in [-0.3, -0.25) is 4.40 Å². The molecule has 0 atom stereocenters. The molecule has 0 saturated heterocycles. The van der Waals surface area contributed by atoms with E-state index in [1.807, 2.05) is 20.8 Å². The monoisotopic (exact) mass is 253 g/mol. The van der Waals surface area contributed by atoms with Crippen LogP contribution < -0.4 is 0 Å². The molecular weight excluding hydrogens is 242 g/mol. The van der Waals surface area contributed by atoms with Crippen LogP contribution in [0.25, 0.3) is 5.65 Å². The van der Waals surface area contributed by atoms with E-state index in [9.17, 15) is 4.79 Å². The van der Waals surface area contributed by atoms with Crippen molar-refractivity contribution in [3.63, 3.8) is 0 Å². The number of pyridine rings is 1. The second-order valence-corrected chi connectivity index (χ2v) is 5.05. The van der Waals surface area contributed by atoms with E-state index >= 15 is 0 Å². The second kappa shape index (κ2) is 4.00. The fourth-order valence-corrected chi connectivity index (χ4v) is 1.60. The fraction of sp³-hybridized carbons (Fsp3) is 0.364. The SMILES string of the molecule is CC(C)(C)OC(=O)c1cc(Cl)c2nncn2c1. The zero-order valence-corrected chi connectivity index (χ0v) is 10.5. The van der Waals surface area contributed by atoms with Crippen LogP contribution in [-0.4, -0.2) is 26.2 Å². The molecule has 0 saturated carbocycles. The molecule has 2 heterocycles. The van der Waals surface area contributed by atoms with Gasteiger partial charge in [0.15, 0.2) is 5.65 Å². The third-order valence-electron chi connectivity index (χ3n) is 1.98. The third kappa shape index (κ3) is 2.55. The molecule has 0 aromatic carbocycles. The molecule has 6 heteroatoms. The maximum Gasteiger partial charge on any atom is 0.340 e. The molecule has 2 rings (SSSR count). The van der Waals surface area contributed by atoms with Crippen LogP contribution >= 0.6 is 11.6 Å². The first-order chi connectivity index (χ1) is 7.87. The normalized spacial score (nSPS) is 11.8. The molecule has 0 unspecified atom stereocenters. The Bertz CT molecular complexity index is 572. The van der Waals surface area contributed by atoms with Crippen molar-refractivity contribution in [2.45, 2.75) is 26.4 Å². The molecular formula is C11H12ClN3O2. The Hall–Kier alpha value is -1.62. The van der Waals surface area contributed by atoms with Gasteiger partial charge in [0.25, 0.3) is 0 Å². The maximum atomic E-state index is 11.8. The molecule has 17 heavy (non-hydrogen) atoms. The largest absolute Gasteiger partial charge is 0.456 e. The molecule has 0 aliphatic rings. The van der Waals surface area contributed by atoms with Crippen molar-refractivity contribution >= 4 is 23.2 Å². The fourth-order valence-electron chi connectivity index (χ4n) is 1.34. The number of halogens is 1. The minimum absolute atomic E-state index is 0.367. The lowest BCUT2D eigenvalue weighted by molar-refractivity contribution is 0.00690. The molecule has 0 radical (unpaired) electrons. The number of ether oxygens (including phenoxy) is 1. The van der Waals surface area contributed by atoms with Crippen LogP contribution in [0.2, 0.25) is 5.02 Å². The Morgan fingerprint density at radius 3 is 2.82 bits per heavy atom. The minimum atomic E-state index is -0.536. The van der Waals surface area contributed by atoms with Gasteiger partial charge in [-0.15, -0.1) is 10.2 Å². The van der Waals surface area contributed by atoms with Crippen LogP contribution in [-0.2, 0) is 4.74 Å². The zero-order chi connectivity index (χ0) is 12.6. The van der Waals surface area contributed by atoms with E-state index in [4.69, 9.17) is 16.3 Å². The molecule has 0 fully saturated rings. The molecule has 0 amide bonds. The molecule has 0 bridgehead atoms. The number of fused-ring (bicyclic) bond motifs is 1. The Balaban J connectivity index is 2.39. The lowest BCUT2D eigenvalue weighted by Crippen LogP contribution is -2.24. The smallest absolute Gasteiger partial charge is 0.340 e. The number of hydrogen-bond donors (Lipinski definition) is 0. The van der Waals surface area contributed by atoms with E-state index < -0.39 is 11.6 Å². The maximum absolute atomic E-state index is 11.8. The number of esters is 1. The van der Waals surface area contributed by atoms with Crippen molar-refractivity contribution < 1.29 is 9.53 Å². The first-order valence-corrected chi connectivity index (χ1v) is 5.47. The van der Waals surface area contributed by atoms with Gasteiger partial charge in [-0.05, 0) is 26.8 Å². The Morgan fingerprint density at radius 1 is 1.47 bits per heavy atom. The molecule has 2 aromatic rings. The van der Waals surface area contributed by atoms with E-state index in [0.29, 0.717) is 16.2 Å². The summed E-state index contributed by atoms with van der Waals surface area (Å²) >= 11 is 5.99. The van der Waals surface area contributed by atoms with Crippen molar-refractivity contribution in [1.82, 2.24) is 14.6 Å². The molecule has 0 N–H and O–H groups in total. The predicted molar refractivity (Wildman–Crippen MR) is 63.2 cm³/mol. The van der Waals surface area contributed by atoms with Crippen molar-refractivity contribution in [2.75, 3.05) is 0 Å². The van der Waals surface area contributed by atoms with Crippen molar-refractivity contribution in [3.8, 4) is 0 Å². The topological polar surface area (TPSA) is 56.5 Å². The van der Waals surface area contributed by atoms with Crippen molar-refractivity contribution in [2.24, 2.45) is 0 Å². The molecule has 90 valence electrons. The van der Waals surface area contributed by atoms with E-state index in [1.165, 1.54) is 12.4 Å². The number of carbonyl (C=O) groups excluding carboxylic acids is 1. The quantitative estimate of drug-likeness (QED) is 0.732. The van der Waals surface area contributed by atoms with E-state index in [2.05, 4.69) is 10.2 Å². The van der Waals surface area contributed by atoms with Gasteiger partial charge in [0.1, 0.15) is 11.9 Å². The highest BCUT2D eigenvalue weighted by Crippen LogP contribution is 2.19. The van der Waals surface area contributed by atoms with Crippen LogP contribution in [0.3, 0.4) is 0 Å². The van der Waals surface area contributed by atoms with E-state index in [1.54, 1.807) is 10.6 Å². The number of carbonyl (C=O) groups is 1. The number of hydrogen-bond acceptors (Lipinski definition) is 4. The second-order valence-electron chi connectivity index (χ2n) is 4.64. The summed E-state index contributed by atoms with van der Waals surface area (Å²) in [7, 11) is 0. The van der Waals surface area contributed by atoms with Gasteiger partial charge >= 0.3 is 5.97 Å². The summed E-state index contributed by atoms with van der Waals surface area (Å²) < 4.78 is 6.84.